The van der Waals surface area contributed by atoms with E-state index in [2.05, 4.69) is 29.8 Å². The van der Waals surface area contributed by atoms with Gasteiger partial charge < -0.3 is 40.3 Å². The van der Waals surface area contributed by atoms with Crippen LogP contribution in [0.1, 0.15) is 100.0 Å². The molecule has 13 nitrogen and oxygen atoms in total. The summed E-state index contributed by atoms with van der Waals surface area (Å²) in [5, 5.41) is 18.9. The van der Waals surface area contributed by atoms with Crippen molar-refractivity contribution < 1.29 is 33.8 Å². The number of aliphatic hydroxyl groups excluding tert-OH is 1. The number of methoxy groups -OCH3 is 2. The van der Waals surface area contributed by atoms with Crippen LogP contribution in [0.2, 0.25) is 0 Å². The first-order valence-corrected chi connectivity index (χ1v) is 20.8. The first kappa shape index (κ1) is 52.7. The van der Waals surface area contributed by atoms with E-state index in [1.807, 2.05) is 91.9 Å². The minimum Gasteiger partial charge on any atom is -0.394 e. The van der Waals surface area contributed by atoms with Gasteiger partial charge in [-0.2, -0.15) is 0 Å². The summed E-state index contributed by atoms with van der Waals surface area (Å²) in [6, 6.07) is 6.23. The highest BCUT2D eigenvalue weighted by atomic mass is 16.5. The second-order valence-electron chi connectivity index (χ2n) is 15.3. The Morgan fingerprint density at radius 1 is 0.946 bits per heavy atom. The number of nitrogens with one attached hydrogen (secondary N) is 3. The molecule has 4 N–H and O–H groups in total. The van der Waals surface area contributed by atoms with Gasteiger partial charge in [-0.1, -0.05) is 87.3 Å². The standard InChI is InChI=1S/C38H66N6O7.C3H8.C2H6/c1-12-25(4)35(43(9)33(47)22-40-38(49)34(24(2)3)42(7)8)31(50-10)21-32(46)44-19-13-14-30(44)36(51-11)26(5)37(48)41-29(23-45)20-27-15-17-28(39-6)18-16-27;1-3-2;1-2/h15-18,24-26,29-31,34-36,39,45H,12-14,19-23H2,1-11H3,(H,40,49)(H,41,48);3H2,1-2H3;1-2H3. The van der Waals surface area contributed by atoms with Crippen molar-refractivity contribution in [3.63, 3.8) is 0 Å². The zero-order chi connectivity index (χ0) is 43.1. The van der Waals surface area contributed by atoms with Gasteiger partial charge in [0.05, 0.1) is 61.9 Å². The van der Waals surface area contributed by atoms with E-state index in [9.17, 15) is 24.3 Å². The van der Waals surface area contributed by atoms with E-state index in [0.29, 0.717) is 19.4 Å². The molecule has 0 aromatic heterocycles. The van der Waals surface area contributed by atoms with Gasteiger partial charge in [-0.3, -0.25) is 24.1 Å². The van der Waals surface area contributed by atoms with E-state index in [-0.39, 0.29) is 67.1 Å². The highest BCUT2D eigenvalue weighted by Crippen LogP contribution is 2.29. The van der Waals surface area contributed by atoms with Crippen LogP contribution in [-0.2, 0) is 35.1 Å². The van der Waals surface area contributed by atoms with Crippen molar-refractivity contribution in [3.05, 3.63) is 29.8 Å². The Hall–Kier alpha value is -3.26. The molecule has 2 rings (SSSR count). The third kappa shape index (κ3) is 16.3. The molecule has 324 valence electrons. The summed E-state index contributed by atoms with van der Waals surface area (Å²) in [7, 11) is 10.3. The van der Waals surface area contributed by atoms with Crippen LogP contribution in [0.25, 0.3) is 0 Å². The van der Waals surface area contributed by atoms with Crippen LogP contribution in [0.4, 0.5) is 5.69 Å². The number of nitrogens with zero attached hydrogens (tertiary/aromatic N) is 3. The van der Waals surface area contributed by atoms with Crippen molar-refractivity contribution in [1.29, 1.82) is 0 Å². The maximum Gasteiger partial charge on any atom is 0.242 e. The number of likely N-dealkylation sites (tertiary alicyclic amines) is 1. The largest absolute Gasteiger partial charge is 0.394 e. The van der Waals surface area contributed by atoms with Crippen LogP contribution in [0, 0.1) is 17.8 Å². The van der Waals surface area contributed by atoms with Crippen LogP contribution in [0.15, 0.2) is 24.3 Å². The second kappa shape index (κ2) is 28.2. The topological polar surface area (TPSA) is 153 Å². The number of anilines is 1. The lowest BCUT2D eigenvalue weighted by Crippen LogP contribution is -2.55. The quantitative estimate of drug-likeness (QED) is 0.138. The van der Waals surface area contributed by atoms with Gasteiger partial charge in [0.25, 0.3) is 0 Å². The molecular formula is C43H80N6O7. The molecule has 1 fully saturated rings. The lowest BCUT2D eigenvalue weighted by molar-refractivity contribution is -0.146. The molecule has 1 aliphatic heterocycles. The van der Waals surface area contributed by atoms with E-state index in [1.165, 1.54) is 6.42 Å². The van der Waals surface area contributed by atoms with Crippen LogP contribution >= 0.6 is 0 Å². The van der Waals surface area contributed by atoms with Crippen molar-refractivity contribution in [1.82, 2.24) is 25.3 Å². The summed E-state index contributed by atoms with van der Waals surface area (Å²) in [4.78, 5) is 59.1. The average molecular weight is 793 g/mol. The third-order valence-corrected chi connectivity index (χ3v) is 10.5. The van der Waals surface area contributed by atoms with Crippen LogP contribution in [0.5, 0.6) is 0 Å². The van der Waals surface area contributed by atoms with Gasteiger partial charge in [0.1, 0.15) is 0 Å². The van der Waals surface area contributed by atoms with Crippen molar-refractivity contribution in [2.75, 3.05) is 67.4 Å². The molecule has 0 saturated carbocycles. The van der Waals surface area contributed by atoms with Gasteiger partial charge >= 0.3 is 0 Å². The third-order valence-electron chi connectivity index (χ3n) is 10.5. The maximum atomic E-state index is 14.0. The fourth-order valence-corrected chi connectivity index (χ4v) is 7.44. The van der Waals surface area contributed by atoms with Crippen LogP contribution < -0.4 is 16.0 Å². The lowest BCUT2D eigenvalue weighted by atomic mass is 9.90. The number of hydrogen-bond donors (Lipinski definition) is 4. The predicted molar refractivity (Wildman–Crippen MR) is 227 cm³/mol. The molecule has 13 heteroatoms. The zero-order valence-corrected chi connectivity index (χ0v) is 37.6. The smallest absolute Gasteiger partial charge is 0.242 e. The number of aliphatic hydroxyl groups is 1. The molecule has 8 atom stereocenters. The summed E-state index contributed by atoms with van der Waals surface area (Å²) in [6.07, 6.45) is 2.79. The Morgan fingerprint density at radius 2 is 1.54 bits per heavy atom. The molecule has 4 amide bonds. The average Bonchev–Trinajstić information content (AvgIpc) is 3.67. The lowest BCUT2D eigenvalue weighted by Gasteiger charge is -2.39. The predicted octanol–water partition coefficient (Wildman–Crippen LogP) is 4.81. The molecule has 1 heterocycles. The van der Waals surface area contributed by atoms with Crippen LogP contribution in [-0.4, -0.2) is 142 Å². The van der Waals surface area contributed by atoms with E-state index in [4.69, 9.17) is 9.47 Å². The summed E-state index contributed by atoms with van der Waals surface area (Å²) >= 11 is 0. The highest BCUT2D eigenvalue weighted by molar-refractivity contribution is 5.87. The van der Waals surface area contributed by atoms with E-state index < -0.39 is 30.2 Å². The van der Waals surface area contributed by atoms with Gasteiger partial charge in [0, 0.05) is 40.5 Å². The number of carbonyl (C=O) groups excluding carboxylic acids is 4. The molecule has 1 aromatic rings. The highest BCUT2D eigenvalue weighted by Gasteiger charge is 2.42. The number of rotatable bonds is 21. The molecular weight excluding hydrogens is 713 g/mol. The monoisotopic (exact) mass is 793 g/mol. The number of likely N-dealkylation sites (N-methyl/N-ethyl adjacent to an activating group) is 2. The number of benzene rings is 1. The summed E-state index contributed by atoms with van der Waals surface area (Å²) in [5.41, 5.74) is 1.96. The van der Waals surface area contributed by atoms with Crippen molar-refractivity contribution in [2.24, 2.45) is 17.8 Å². The number of ether oxygens (including phenoxy) is 2. The Balaban J connectivity index is 0.00000575. The van der Waals surface area contributed by atoms with Crippen molar-refractivity contribution in [3.8, 4) is 0 Å². The SMILES string of the molecule is CC.CCC.CCC(C)C(C(CC(=O)N1CCCC1C(OC)C(C)C(=O)NC(CO)Cc1ccc(NC)cc1)OC)N(C)C(=O)CNC(=O)C(C(C)C)N(C)C. The fourth-order valence-electron chi connectivity index (χ4n) is 7.44. The molecule has 0 spiro atoms. The zero-order valence-electron chi connectivity index (χ0n) is 37.6. The van der Waals surface area contributed by atoms with Gasteiger partial charge in [-0.25, -0.2) is 0 Å². The van der Waals surface area contributed by atoms with E-state index >= 15 is 0 Å². The first-order valence-electron chi connectivity index (χ1n) is 20.8. The maximum absolute atomic E-state index is 14.0. The minimum atomic E-state index is -0.599. The Labute approximate surface area is 340 Å². The fraction of sp³-hybridized carbons (Fsp3) is 0.767. The summed E-state index contributed by atoms with van der Waals surface area (Å²) in [6.45, 7) is 18.2. The first-order chi connectivity index (χ1) is 26.6. The molecule has 1 aromatic carbocycles. The summed E-state index contributed by atoms with van der Waals surface area (Å²) < 4.78 is 11.8. The van der Waals surface area contributed by atoms with Crippen molar-refractivity contribution in [2.45, 2.75) is 137 Å². The van der Waals surface area contributed by atoms with Crippen molar-refractivity contribution >= 4 is 29.3 Å². The van der Waals surface area contributed by atoms with Gasteiger partial charge in [0.2, 0.25) is 23.6 Å². The van der Waals surface area contributed by atoms with Gasteiger partial charge in [-0.05, 0) is 62.9 Å². The number of carbonyl (C=O) groups is 4. The van der Waals surface area contributed by atoms with E-state index in [0.717, 1.165) is 24.1 Å². The number of hydrogen-bond acceptors (Lipinski definition) is 9. The molecule has 0 aliphatic carbocycles. The van der Waals surface area contributed by atoms with E-state index in [1.54, 1.807) is 38.0 Å². The second-order valence-corrected chi connectivity index (χ2v) is 15.3. The Kier molecular flexibility index (Phi) is 26.5. The molecule has 0 radical (unpaired) electrons. The molecule has 56 heavy (non-hydrogen) atoms. The molecule has 0 bridgehead atoms. The minimum absolute atomic E-state index is 0.00289. The number of amides is 4. The Morgan fingerprint density at radius 3 is 2.00 bits per heavy atom. The van der Waals surface area contributed by atoms with Gasteiger partial charge in [-0.15, -0.1) is 0 Å². The van der Waals surface area contributed by atoms with Crippen LogP contribution in [0.3, 0.4) is 0 Å². The normalized spacial score (nSPS) is 17.5. The van der Waals surface area contributed by atoms with Gasteiger partial charge in [0.15, 0.2) is 0 Å². The summed E-state index contributed by atoms with van der Waals surface area (Å²) in [5.74, 6) is -1.39. The molecule has 1 saturated heterocycles. The Bertz CT molecular complexity index is 1260. The molecule has 8 unspecified atom stereocenters. The molecule has 1 aliphatic rings.